The molecule has 3 rings (SSSR count). The number of amides is 1. The molecule has 0 aliphatic carbocycles. The molecule has 1 aliphatic heterocycles. The van der Waals surface area contributed by atoms with Gasteiger partial charge in [-0.15, -0.1) is 0 Å². The second kappa shape index (κ2) is 8.79. The van der Waals surface area contributed by atoms with Crippen molar-refractivity contribution in [1.82, 2.24) is 10.2 Å². The van der Waals surface area contributed by atoms with E-state index in [9.17, 15) is 14.0 Å². The molecule has 0 radical (unpaired) electrons. The first kappa shape index (κ1) is 21.7. The fourth-order valence-electron chi connectivity index (χ4n) is 3.81. The van der Waals surface area contributed by atoms with E-state index in [1.165, 1.54) is 19.2 Å². The summed E-state index contributed by atoms with van der Waals surface area (Å²) in [5.74, 6) is -0.862. The Kier molecular flexibility index (Phi) is 6.37. The zero-order valence-electron chi connectivity index (χ0n) is 18.0. The van der Waals surface area contributed by atoms with Crippen molar-refractivity contribution in [2.45, 2.75) is 46.4 Å². The van der Waals surface area contributed by atoms with Gasteiger partial charge in [-0.05, 0) is 62.1 Å². The van der Waals surface area contributed by atoms with Crippen molar-refractivity contribution >= 4 is 11.9 Å². The highest BCUT2D eigenvalue weighted by molar-refractivity contribution is 5.97. The number of methoxy groups -OCH3 is 1. The lowest BCUT2D eigenvalue weighted by atomic mass is 9.98. The third-order valence-corrected chi connectivity index (χ3v) is 5.66. The number of benzene rings is 2. The summed E-state index contributed by atoms with van der Waals surface area (Å²) in [4.78, 5) is 27.2. The Bertz CT molecular complexity index is 998. The summed E-state index contributed by atoms with van der Waals surface area (Å²) >= 11 is 0. The van der Waals surface area contributed by atoms with Crippen LogP contribution >= 0.6 is 0 Å². The van der Waals surface area contributed by atoms with Crippen LogP contribution in [-0.2, 0) is 20.9 Å². The molecule has 1 N–H and O–H groups in total. The van der Waals surface area contributed by atoms with Crippen molar-refractivity contribution in [3.8, 4) is 0 Å². The second-order valence-corrected chi connectivity index (χ2v) is 7.75. The van der Waals surface area contributed by atoms with Crippen LogP contribution in [0.4, 0.5) is 4.39 Å². The lowest BCUT2D eigenvalue weighted by Crippen LogP contribution is -2.48. The van der Waals surface area contributed by atoms with Gasteiger partial charge in [0.1, 0.15) is 18.0 Å². The Morgan fingerprint density at radius 2 is 1.80 bits per heavy atom. The molecule has 0 unspecified atom stereocenters. The Morgan fingerprint density at radius 3 is 2.40 bits per heavy atom. The van der Waals surface area contributed by atoms with E-state index in [1.54, 1.807) is 24.0 Å². The smallest absolute Gasteiger partial charge is 0.327 e. The first-order valence-corrected chi connectivity index (χ1v) is 9.86. The molecule has 2 aromatic carbocycles. The predicted molar refractivity (Wildman–Crippen MR) is 113 cm³/mol. The number of aryl methyl sites for hydroxylation is 2. The molecular weight excluding hydrogens is 383 g/mol. The number of halogens is 1. The van der Waals surface area contributed by atoms with Crippen molar-refractivity contribution in [1.29, 1.82) is 0 Å². The van der Waals surface area contributed by atoms with Crippen LogP contribution in [0.15, 0.2) is 53.6 Å². The largest absolute Gasteiger partial charge is 0.468 e. The zero-order chi connectivity index (χ0) is 22.0. The van der Waals surface area contributed by atoms with Crippen LogP contribution in [0.5, 0.6) is 0 Å². The minimum absolute atomic E-state index is 0.112. The van der Waals surface area contributed by atoms with E-state index in [0.29, 0.717) is 12.1 Å². The van der Waals surface area contributed by atoms with Crippen molar-refractivity contribution in [2.24, 2.45) is 0 Å². The Labute approximate surface area is 176 Å². The van der Waals surface area contributed by atoms with Gasteiger partial charge in [-0.1, -0.05) is 35.9 Å². The van der Waals surface area contributed by atoms with Crippen molar-refractivity contribution in [3.63, 3.8) is 0 Å². The van der Waals surface area contributed by atoms with Crippen molar-refractivity contribution in [3.05, 3.63) is 81.7 Å². The Morgan fingerprint density at radius 1 is 1.13 bits per heavy atom. The summed E-state index contributed by atoms with van der Waals surface area (Å²) in [5.41, 5.74) is 5.16. The van der Waals surface area contributed by atoms with E-state index in [0.717, 1.165) is 27.8 Å². The molecule has 1 amide bonds. The molecule has 2 aromatic rings. The molecule has 2 atom stereocenters. The van der Waals surface area contributed by atoms with Gasteiger partial charge in [0.15, 0.2) is 0 Å². The summed E-state index contributed by atoms with van der Waals surface area (Å²) in [6, 6.07) is 11.2. The molecular formula is C24H27FN2O3. The summed E-state index contributed by atoms with van der Waals surface area (Å²) in [7, 11) is 1.35. The van der Waals surface area contributed by atoms with Gasteiger partial charge in [0.2, 0.25) is 0 Å². The highest BCUT2D eigenvalue weighted by Crippen LogP contribution is 2.29. The second-order valence-electron chi connectivity index (χ2n) is 7.75. The minimum Gasteiger partial charge on any atom is -0.468 e. The molecule has 1 heterocycles. The maximum atomic E-state index is 13.3. The minimum atomic E-state index is -0.732. The number of rotatable bonds is 6. The Balaban J connectivity index is 1.94. The maximum Gasteiger partial charge on any atom is 0.327 e. The molecule has 0 bridgehead atoms. The quantitative estimate of drug-likeness (QED) is 0.733. The molecule has 30 heavy (non-hydrogen) atoms. The van der Waals surface area contributed by atoms with Crippen LogP contribution in [0.1, 0.15) is 42.1 Å². The average Bonchev–Trinajstić information content (AvgIpc) is 2.91. The first-order valence-electron chi connectivity index (χ1n) is 9.86. The normalized spacial score (nSPS) is 17.5. The van der Waals surface area contributed by atoms with Crippen molar-refractivity contribution in [2.75, 3.05) is 7.11 Å². The third kappa shape index (κ3) is 4.28. The number of hydrogen-bond donors (Lipinski definition) is 1. The van der Waals surface area contributed by atoms with Gasteiger partial charge in [0, 0.05) is 12.1 Å². The number of carbonyl (C=O) groups is 2. The SMILES string of the molecule is COC(=O)[C@@H](N[C@@H]1C(C)=C(C)C(=O)N1Cc1ccc(F)cc1)c1ccc(C)cc1C. The summed E-state index contributed by atoms with van der Waals surface area (Å²) < 4.78 is 18.3. The van der Waals surface area contributed by atoms with Gasteiger partial charge in [0.05, 0.1) is 7.11 Å². The molecule has 5 nitrogen and oxygen atoms in total. The van der Waals surface area contributed by atoms with E-state index >= 15 is 0 Å². The summed E-state index contributed by atoms with van der Waals surface area (Å²) in [5, 5.41) is 3.33. The highest BCUT2D eigenvalue weighted by Gasteiger charge is 2.38. The van der Waals surface area contributed by atoms with E-state index in [1.807, 2.05) is 39.0 Å². The van der Waals surface area contributed by atoms with Crippen LogP contribution in [0, 0.1) is 19.7 Å². The van der Waals surface area contributed by atoms with Gasteiger partial charge in [-0.3, -0.25) is 10.1 Å². The van der Waals surface area contributed by atoms with Gasteiger partial charge >= 0.3 is 5.97 Å². The maximum absolute atomic E-state index is 13.3. The average molecular weight is 410 g/mol. The monoisotopic (exact) mass is 410 g/mol. The standard InChI is InChI=1S/C24H27FN2O3/c1-14-6-11-20(15(2)12-14)21(24(29)30-5)26-22-16(3)17(4)23(28)27(22)13-18-7-9-19(25)10-8-18/h6-12,21-22,26H,13H2,1-5H3/t21-,22-/m0/s1. The van der Waals surface area contributed by atoms with Gasteiger partial charge in [-0.2, -0.15) is 0 Å². The number of hydrogen-bond acceptors (Lipinski definition) is 4. The predicted octanol–water partition coefficient (Wildman–Crippen LogP) is 3.95. The molecule has 0 fully saturated rings. The molecule has 1 aliphatic rings. The van der Waals surface area contributed by atoms with E-state index in [-0.39, 0.29) is 11.7 Å². The van der Waals surface area contributed by atoms with E-state index in [2.05, 4.69) is 5.32 Å². The topological polar surface area (TPSA) is 58.6 Å². The Hall–Kier alpha value is -2.99. The van der Waals surface area contributed by atoms with E-state index in [4.69, 9.17) is 4.74 Å². The zero-order valence-corrected chi connectivity index (χ0v) is 18.0. The lowest BCUT2D eigenvalue weighted by Gasteiger charge is -2.31. The fraction of sp³-hybridized carbons (Fsp3) is 0.333. The number of carbonyl (C=O) groups excluding carboxylic acids is 2. The van der Waals surface area contributed by atoms with Crippen molar-refractivity contribution < 1.29 is 18.7 Å². The number of nitrogens with one attached hydrogen (secondary N) is 1. The van der Waals surface area contributed by atoms with Gasteiger partial charge in [0.25, 0.3) is 5.91 Å². The van der Waals surface area contributed by atoms with Gasteiger partial charge in [-0.25, -0.2) is 9.18 Å². The van der Waals surface area contributed by atoms with Gasteiger partial charge < -0.3 is 9.64 Å². The molecule has 158 valence electrons. The molecule has 0 spiro atoms. The lowest BCUT2D eigenvalue weighted by molar-refractivity contribution is -0.144. The molecule has 6 heteroatoms. The van der Waals surface area contributed by atoms with Crippen LogP contribution in [0.2, 0.25) is 0 Å². The fourth-order valence-corrected chi connectivity index (χ4v) is 3.81. The van der Waals surface area contributed by atoms with E-state index < -0.39 is 18.2 Å². The molecule has 0 aromatic heterocycles. The number of ether oxygens (including phenoxy) is 1. The summed E-state index contributed by atoms with van der Waals surface area (Å²) in [6.45, 7) is 7.90. The number of esters is 1. The highest BCUT2D eigenvalue weighted by atomic mass is 19.1. The first-order chi connectivity index (χ1) is 14.2. The molecule has 0 saturated heterocycles. The van der Waals surface area contributed by atoms with Crippen LogP contribution < -0.4 is 5.32 Å². The third-order valence-electron chi connectivity index (χ3n) is 5.66. The molecule has 0 saturated carbocycles. The van der Waals surface area contributed by atoms with Crippen LogP contribution in [0.3, 0.4) is 0 Å². The van der Waals surface area contributed by atoms with Crippen LogP contribution in [0.25, 0.3) is 0 Å². The number of nitrogens with zero attached hydrogens (tertiary/aromatic N) is 1. The summed E-state index contributed by atoms with van der Waals surface area (Å²) in [6.07, 6.45) is -0.479. The van der Waals surface area contributed by atoms with Crippen LogP contribution in [-0.4, -0.2) is 30.1 Å².